The molecule has 0 bridgehead atoms. The molecule has 2 heterocycles. The molecule has 2 unspecified atom stereocenters. The van der Waals surface area contributed by atoms with Gasteiger partial charge in [0.1, 0.15) is 0 Å². The molecule has 3 rings (SSSR count). The van der Waals surface area contributed by atoms with E-state index in [2.05, 4.69) is 32.9 Å². The van der Waals surface area contributed by atoms with Crippen molar-refractivity contribution in [1.29, 1.82) is 0 Å². The van der Waals surface area contributed by atoms with E-state index in [1.54, 1.807) is 7.11 Å². The fourth-order valence-corrected chi connectivity index (χ4v) is 5.00. The Morgan fingerprint density at radius 3 is 2.56 bits per heavy atom. The third kappa shape index (κ3) is 4.19. The van der Waals surface area contributed by atoms with Crippen LogP contribution in [0.15, 0.2) is 23.3 Å². The number of aliphatic hydroxyl groups excluding tert-OH is 1. The summed E-state index contributed by atoms with van der Waals surface area (Å²) in [7, 11) is 1.70. The maximum absolute atomic E-state index is 10.5. The van der Waals surface area contributed by atoms with Gasteiger partial charge in [0, 0.05) is 24.9 Å². The molecule has 0 aromatic carbocycles. The largest absolute Gasteiger partial charge is 0.368 e. The van der Waals surface area contributed by atoms with E-state index in [4.69, 9.17) is 14.2 Å². The number of hydrogen-bond donors (Lipinski definition) is 1. The zero-order valence-corrected chi connectivity index (χ0v) is 16.1. The average molecular weight is 350 g/mol. The van der Waals surface area contributed by atoms with Crippen LogP contribution in [0.2, 0.25) is 0 Å². The lowest BCUT2D eigenvalue weighted by Gasteiger charge is -2.40. The van der Waals surface area contributed by atoms with Gasteiger partial charge >= 0.3 is 0 Å². The van der Waals surface area contributed by atoms with Crippen molar-refractivity contribution >= 4 is 0 Å². The van der Waals surface area contributed by atoms with Crippen LogP contribution in [0.1, 0.15) is 59.3 Å². The number of aliphatic hydroxyl groups is 1. The molecule has 25 heavy (non-hydrogen) atoms. The molecule has 3 fully saturated rings. The van der Waals surface area contributed by atoms with E-state index in [0.29, 0.717) is 17.8 Å². The van der Waals surface area contributed by atoms with Gasteiger partial charge in [0.25, 0.3) is 0 Å². The van der Waals surface area contributed by atoms with Gasteiger partial charge in [-0.2, -0.15) is 0 Å². The highest BCUT2D eigenvalue weighted by molar-refractivity contribution is 5.03. The van der Waals surface area contributed by atoms with Crippen LogP contribution in [-0.2, 0) is 14.2 Å². The third-order valence-electron chi connectivity index (χ3n) is 6.26. The first-order chi connectivity index (χ1) is 12.0. The lowest BCUT2D eigenvalue weighted by atomic mass is 9.77. The van der Waals surface area contributed by atoms with Crippen molar-refractivity contribution in [2.75, 3.05) is 7.11 Å². The minimum absolute atomic E-state index is 0.164. The van der Waals surface area contributed by atoms with Crippen molar-refractivity contribution in [3.63, 3.8) is 0 Å². The maximum Gasteiger partial charge on any atom is 0.167 e. The molecule has 0 aromatic heterocycles. The van der Waals surface area contributed by atoms with Crippen LogP contribution >= 0.6 is 0 Å². The smallest absolute Gasteiger partial charge is 0.167 e. The molecule has 142 valence electrons. The lowest BCUT2D eigenvalue weighted by Crippen LogP contribution is -2.45. The molecule has 1 saturated carbocycles. The van der Waals surface area contributed by atoms with Gasteiger partial charge in [-0.05, 0) is 65.2 Å². The summed E-state index contributed by atoms with van der Waals surface area (Å²) < 4.78 is 17.1. The maximum atomic E-state index is 10.5. The Hall–Kier alpha value is -0.680. The van der Waals surface area contributed by atoms with Crippen molar-refractivity contribution in [2.45, 2.75) is 78.2 Å². The fraction of sp³-hybridized carbons (Fsp3) is 0.810. The average Bonchev–Trinajstić information content (AvgIpc) is 3.13. The van der Waals surface area contributed by atoms with Crippen molar-refractivity contribution in [3.8, 4) is 0 Å². The Kier molecular flexibility index (Phi) is 6.37. The van der Waals surface area contributed by atoms with Crippen LogP contribution in [-0.4, -0.2) is 31.1 Å². The van der Waals surface area contributed by atoms with Crippen LogP contribution in [0.5, 0.6) is 0 Å². The Morgan fingerprint density at radius 2 is 1.84 bits per heavy atom. The number of hydrogen-bond acceptors (Lipinski definition) is 4. The molecule has 1 N–H and O–H groups in total. The van der Waals surface area contributed by atoms with Gasteiger partial charge in [-0.3, -0.25) is 0 Å². The second-order valence-corrected chi connectivity index (χ2v) is 8.23. The number of rotatable bonds is 7. The van der Waals surface area contributed by atoms with Crippen LogP contribution in [0.3, 0.4) is 0 Å². The Labute approximate surface area is 152 Å². The van der Waals surface area contributed by atoms with Crippen LogP contribution in [0.4, 0.5) is 0 Å². The molecule has 1 aliphatic carbocycles. The summed E-state index contributed by atoms with van der Waals surface area (Å²) in [4.78, 5) is 0. The Bertz CT molecular complexity index is 508. The molecule has 2 saturated heterocycles. The molecule has 7 atom stereocenters. The second kappa shape index (κ2) is 8.34. The van der Waals surface area contributed by atoms with Gasteiger partial charge in [-0.15, -0.1) is 0 Å². The van der Waals surface area contributed by atoms with Crippen LogP contribution in [0, 0.1) is 23.7 Å². The quantitative estimate of drug-likeness (QED) is 0.692. The number of ether oxygens (including phenoxy) is 3. The summed E-state index contributed by atoms with van der Waals surface area (Å²) >= 11 is 0. The van der Waals surface area contributed by atoms with E-state index in [9.17, 15) is 5.11 Å². The molecule has 4 nitrogen and oxygen atoms in total. The van der Waals surface area contributed by atoms with E-state index in [1.807, 2.05) is 0 Å². The number of methoxy groups -OCH3 is 1. The van der Waals surface area contributed by atoms with E-state index in [0.717, 1.165) is 38.5 Å². The van der Waals surface area contributed by atoms with Crippen LogP contribution in [0.25, 0.3) is 0 Å². The first-order valence-electron chi connectivity index (χ1n) is 9.82. The molecule has 3 aliphatic rings. The molecular formula is C21H34O4. The monoisotopic (exact) mass is 350 g/mol. The second-order valence-electron chi connectivity index (χ2n) is 8.23. The zero-order valence-electron chi connectivity index (χ0n) is 16.1. The summed E-state index contributed by atoms with van der Waals surface area (Å²) in [5, 5.41) is 10.5. The van der Waals surface area contributed by atoms with Gasteiger partial charge in [-0.1, -0.05) is 23.3 Å². The molecule has 2 aliphatic heterocycles. The minimum Gasteiger partial charge on any atom is -0.368 e. The summed E-state index contributed by atoms with van der Waals surface area (Å²) in [6, 6.07) is 0. The highest BCUT2D eigenvalue weighted by Gasteiger charge is 2.58. The Morgan fingerprint density at radius 1 is 1.08 bits per heavy atom. The van der Waals surface area contributed by atoms with Crippen molar-refractivity contribution in [1.82, 2.24) is 0 Å². The van der Waals surface area contributed by atoms with E-state index in [1.165, 1.54) is 11.1 Å². The third-order valence-corrected chi connectivity index (χ3v) is 6.26. The zero-order chi connectivity index (χ0) is 18.0. The molecule has 0 amide bonds. The SMILES string of the molecule is CO[C@@H]1O[C@H]2OC(O)C(CC/C=C(\C)CCC=C(C)C)[C@H]3CC[C@@H]1[C@@H]23. The summed E-state index contributed by atoms with van der Waals surface area (Å²) in [6.07, 6.45) is 9.99. The summed E-state index contributed by atoms with van der Waals surface area (Å²) in [6.45, 7) is 6.50. The standard InChI is InChI=1S/C21H34O4/c1-13(2)7-5-8-14(3)9-6-10-16-15-11-12-17-18(15)21(24-19(16)22)25-20(17)23-4/h7,9,15-22H,5-6,8,10-12H2,1-4H3/b14-9+/t15-,16?,17-,18+,19?,20-,21-/m1/s1. The topological polar surface area (TPSA) is 47.9 Å². The molecule has 0 spiro atoms. The first-order valence-corrected chi connectivity index (χ1v) is 9.82. The van der Waals surface area contributed by atoms with Crippen LogP contribution < -0.4 is 0 Å². The molecule has 0 aromatic rings. The molecule has 0 radical (unpaired) electrons. The Balaban J connectivity index is 1.54. The van der Waals surface area contributed by atoms with Gasteiger partial charge in [-0.25, -0.2) is 0 Å². The highest BCUT2D eigenvalue weighted by atomic mass is 16.8. The summed E-state index contributed by atoms with van der Waals surface area (Å²) in [5.41, 5.74) is 2.82. The van der Waals surface area contributed by atoms with Crippen molar-refractivity contribution < 1.29 is 19.3 Å². The van der Waals surface area contributed by atoms with Crippen molar-refractivity contribution in [2.24, 2.45) is 23.7 Å². The predicted molar refractivity (Wildman–Crippen MR) is 97.6 cm³/mol. The number of allylic oxidation sites excluding steroid dienone is 4. The van der Waals surface area contributed by atoms with Gasteiger partial charge in [0.2, 0.25) is 0 Å². The van der Waals surface area contributed by atoms with Gasteiger partial charge in [0.15, 0.2) is 18.9 Å². The van der Waals surface area contributed by atoms with Gasteiger partial charge < -0.3 is 19.3 Å². The molecule has 4 heteroatoms. The van der Waals surface area contributed by atoms with Crippen molar-refractivity contribution in [3.05, 3.63) is 23.3 Å². The van der Waals surface area contributed by atoms with E-state index in [-0.39, 0.29) is 18.5 Å². The van der Waals surface area contributed by atoms with E-state index >= 15 is 0 Å². The normalized spacial score (nSPS) is 40.2. The highest BCUT2D eigenvalue weighted by Crippen LogP contribution is 2.55. The molecular weight excluding hydrogens is 316 g/mol. The minimum atomic E-state index is -0.708. The van der Waals surface area contributed by atoms with Gasteiger partial charge in [0.05, 0.1) is 0 Å². The summed E-state index contributed by atoms with van der Waals surface area (Å²) in [5.74, 6) is 1.53. The lowest BCUT2D eigenvalue weighted by molar-refractivity contribution is -0.304. The fourth-order valence-electron chi connectivity index (χ4n) is 5.00. The first kappa shape index (κ1) is 19.1. The van der Waals surface area contributed by atoms with E-state index < -0.39 is 6.29 Å². The predicted octanol–water partition coefficient (Wildman–Crippen LogP) is 4.40.